The molecule has 0 spiro atoms. The Morgan fingerprint density at radius 1 is 0.900 bits per heavy atom. The van der Waals surface area contributed by atoms with E-state index in [0.717, 1.165) is 5.02 Å². The highest BCUT2D eigenvalue weighted by Gasteiger charge is 2.14. The largest absolute Gasteiger partial charge is 0.309 e. The lowest BCUT2D eigenvalue weighted by molar-refractivity contribution is 0.697. The van der Waals surface area contributed by atoms with Crippen molar-refractivity contribution < 1.29 is 0 Å². The lowest BCUT2D eigenvalue weighted by Crippen LogP contribution is -2.17. The monoisotopic (exact) mass is 281 g/mol. The smallest absolute Gasteiger partial charge is 0.0580 e. The van der Waals surface area contributed by atoms with Gasteiger partial charge in [0.25, 0.3) is 0 Å². The Morgan fingerprint density at radius 2 is 1.65 bits per heavy atom. The highest BCUT2D eigenvalue weighted by molar-refractivity contribution is 6.30. The normalized spacial score (nSPS) is 12.5. The molecule has 0 aliphatic carbocycles. The fraction of sp³-hybridized carbons (Fsp3) is 0.111. The average Bonchev–Trinajstić information content (AvgIpc) is 2.48. The number of hydrogen-bond donors (Lipinski definition) is 1. The van der Waals surface area contributed by atoms with Crippen LogP contribution in [-0.2, 0) is 0 Å². The number of rotatable bonds is 3. The van der Waals surface area contributed by atoms with Gasteiger partial charge in [-0.1, -0.05) is 66.2 Å². The minimum absolute atomic E-state index is 0.139. The standard InChI is InChI=1S/C18H16ClN/c1-20-18(14-8-4-9-15(19)12-14)17-11-5-7-13-6-2-3-10-16(13)17/h2-12,18,20H,1H3. The molecule has 0 bridgehead atoms. The van der Waals surface area contributed by atoms with Crippen molar-refractivity contribution in [1.82, 2.24) is 5.32 Å². The molecule has 0 saturated carbocycles. The molecule has 20 heavy (non-hydrogen) atoms. The first-order chi connectivity index (χ1) is 9.79. The zero-order valence-electron chi connectivity index (χ0n) is 11.3. The van der Waals surface area contributed by atoms with Gasteiger partial charge < -0.3 is 5.32 Å². The Kier molecular flexibility index (Phi) is 3.72. The third-order valence-electron chi connectivity index (χ3n) is 3.61. The van der Waals surface area contributed by atoms with Gasteiger partial charge in [0.2, 0.25) is 0 Å². The van der Waals surface area contributed by atoms with Gasteiger partial charge in [0.15, 0.2) is 0 Å². The van der Waals surface area contributed by atoms with Crippen LogP contribution < -0.4 is 5.32 Å². The van der Waals surface area contributed by atoms with Crippen LogP contribution in [-0.4, -0.2) is 7.05 Å². The SMILES string of the molecule is CNC(c1cccc(Cl)c1)c1cccc2ccccc12. The first kappa shape index (κ1) is 13.2. The number of hydrogen-bond acceptors (Lipinski definition) is 1. The molecule has 0 aliphatic rings. The third-order valence-corrected chi connectivity index (χ3v) is 3.84. The summed E-state index contributed by atoms with van der Waals surface area (Å²) in [5.41, 5.74) is 2.45. The molecule has 0 radical (unpaired) electrons. The number of benzene rings is 3. The second-order valence-corrected chi connectivity index (χ2v) is 5.28. The molecule has 0 amide bonds. The van der Waals surface area contributed by atoms with Gasteiger partial charge in [-0.25, -0.2) is 0 Å². The molecular weight excluding hydrogens is 266 g/mol. The van der Waals surface area contributed by atoms with Crippen LogP contribution in [0.1, 0.15) is 17.2 Å². The van der Waals surface area contributed by atoms with Gasteiger partial charge in [-0.3, -0.25) is 0 Å². The fourth-order valence-corrected chi connectivity index (χ4v) is 2.89. The Morgan fingerprint density at radius 3 is 2.45 bits per heavy atom. The maximum atomic E-state index is 6.12. The van der Waals surface area contributed by atoms with Crippen LogP contribution in [0.2, 0.25) is 5.02 Å². The van der Waals surface area contributed by atoms with Crippen LogP contribution in [0, 0.1) is 0 Å². The summed E-state index contributed by atoms with van der Waals surface area (Å²) in [6.45, 7) is 0. The van der Waals surface area contributed by atoms with Crippen molar-refractivity contribution in [3.8, 4) is 0 Å². The van der Waals surface area contributed by atoms with Crippen LogP contribution in [0.3, 0.4) is 0 Å². The fourth-order valence-electron chi connectivity index (χ4n) is 2.69. The first-order valence-electron chi connectivity index (χ1n) is 6.70. The van der Waals surface area contributed by atoms with E-state index in [4.69, 9.17) is 11.6 Å². The van der Waals surface area contributed by atoms with Gasteiger partial charge in [-0.05, 0) is 41.1 Å². The van der Waals surface area contributed by atoms with Crippen molar-refractivity contribution in [3.05, 3.63) is 82.9 Å². The van der Waals surface area contributed by atoms with Crippen molar-refractivity contribution in [2.24, 2.45) is 0 Å². The molecule has 1 nitrogen and oxygen atoms in total. The molecule has 0 heterocycles. The summed E-state index contributed by atoms with van der Waals surface area (Å²) in [7, 11) is 1.98. The summed E-state index contributed by atoms with van der Waals surface area (Å²) in [6.07, 6.45) is 0. The second kappa shape index (κ2) is 5.66. The average molecular weight is 282 g/mol. The first-order valence-corrected chi connectivity index (χ1v) is 7.08. The molecule has 3 aromatic rings. The van der Waals surface area contributed by atoms with E-state index in [2.05, 4.69) is 53.8 Å². The van der Waals surface area contributed by atoms with Crippen LogP contribution in [0.25, 0.3) is 10.8 Å². The Balaban J connectivity index is 2.17. The predicted molar refractivity (Wildman–Crippen MR) is 86.3 cm³/mol. The zero-order chi connectivity index (χ0) is 13.9. The third kappa shape index (κ3) is 2.43. The Hall–Kier alpha value is -1.83. The van der Waals surface area contributed by atoms with Crippen LogP contribution in [0.5, 0.6) is 0 Å². The highest BCUT2D eigenvalue weighted by atomic mass is 35.5. The molecule has 1 unspecified atom stereocenters. The van der Waals surface area contributed by atoms with Gasteiger partial charge in [0, 0.05) is 5.02 Å². The summed E-state index contributed by atoms with van der Waals surface area (Å²) in [5.74, 6) is 0. The quantitative estimate of drug-likeness (QED) is 0.727. The van der Waals surface area contributed by atoms with E-state index in [1.807, 2.05) is 25.2 Å². The molecule has 0 fully saturated rings. The zero-order valence-corrected chi connectivity index (χ0v) is 12.1. The molecule has 0 aliphatic heterocycles. The topological polar surface area (TPSA) is 12.0 Å². The van der Waals surface area contributed by atoms with E-state index in [0.29, 0.717) is 0 Å². The van der Waals surface area contributed by atoms with Crippen molar-refractivity contribution in [2.75, 3.05) is 7.05 Å². The molecule has 100 valence electrons. The van der Waals surface area contributed by atoms with Crippen LogP contribution in [0.4, 0.5) is 0 Å². The number of fused-ring (bicyclic) bond motifs is 1. The maximum Gasteiger partial charge on any atom is 0.0580 e. The van der Waals surface area contributed by atoms with E-state index >= 15 is 0 Å². The van der Waals surface area contributed by atoms with E-state index in [9.17, 15) is 0 Å². The van der Waals surface area contributed by atoms with Gasteiger partial charge in [0.1, 0.15) is 0 Å². The summed E-state index contributed by atoms with van der Waals surface area (Å²) in [6, 6.07) is 23.0. The highest BCUT2D eigenvalue weighted by Crippen LogP contribution is 2.29. The molecule has 3 aromatic carbocycles. The lowest BCUT2D eigenvalue weighted by atomic mass is 9.94. The van der Waals surface area contributed by atoms with Crippen molar-refractivity contribution in [2.45, 2.75) is 6.04 Å². The minimum atomic E-state index is 0.139. The summed E-state index contributed by atoms with van der Waals surface area (Å²) >= 11 is 6.12. The van der Waals surface area contributed by atoms with Crippen molar-refractivity contribution in [3.63, 3.8) is 0 Å². The summed E-state index contributed by atoms with van der Waals surface area (Å²) in [5, 5.41) is 6.69. The maximum absolute atomic E-state index is 6.12. The number of halogens is 1. The molecule has 0 saturated heterocycles. The molecule has 1 N–H and O–H groups in total. The molecule has 2 heteroatoms. The van der Waals surface area contributed by atoms with Crippen LogP contribution >= 0.6 is 11.6 Å². The van der Waals surface area contributed by atoms with E-state index < -0.39 is 0 Å². The van der Waals surface area contributed by atoms with E-state index in [1.54, 1.807) is 0 Å². The predicted octanol–water partition coefficient (Wildman–Crippen LogP) is 4.80. The van der Waals surface area contributed by atoms with Crippen molar-refractivity contribution >= 4 is 22.4 Å². The molecule has 1 atom stereocenters. The molecular formula is C18H16ClN. The molecule has 0 aromatic heterocycles. The van der Waals surface area contributed by atoms with Crippen molar-refractivity contribution in [1.29, 1.82) is 0 Å². The Labute approximate surface area is 124 Å². The molecule has 3 rings (SSSR count). The van der Waals surface area contributed by atoms with Gasteiger partial charge in [0.05, 0.1) is 6.04 Å². The van der Waals surface area contributed by atoms with Gasteiger partial charge >= 0.3 is 0 Å². The van der Waals surface area contributed by atoms with E-state index in [-0.39, 0.29) is 6.04 Å². The van der Waals surface area contributed by atoms with Crippen LogP contribution in [0.15, 0.2) is 66.7 Å². The van der Waals surface area contributed by atoms with Gasteiger partial charge in [-0.2, -0.15) is 0 Å². The minimum Gasteiger partial charge on any atom is -0.309 e. The summed E-state index contributed by atoms with van der Waals surface area (Å²) < 4.78 is 0. The second-order valence-electron chi connectivity index (χ2n) is 4.85. The van der Waals surface area contributed by atoms with Gasteiger partial charge in [-0.15, -0.1) is 0 Å². The summed E-state index contributed by atoms with van der Waals surface area (Å²) in [4.78, 5) is 0. The lowest BCUT2D eigenvalue weighted by Gasteiger charge is -2.19. The Bertz CT molecular complexity index is 731. The van der Waals surface area contributed by atoms with E-state index in [1.165, 1.54) is 21.9 Å². The number of nitrogens with one attached hydrogen (secondary N) is 1.